The van der Waals surface area contributed by atoms with Crippen LogP contribution < -0.4 is 0 Å². The Morgan fingerprint density at radius 1 is 1.07 bits per heavy atom. The van der Waals surface area contributed by atoms with Crippen molar-refractivity contribution in [2.45, 2.75) is 25.2 Å². The largest absolute Gasteiger partial charge is 0.305 e. The molecule has 0 aliphatic carbocycles. The second-order valence-corrected chi connectivity index (χ2v) is 9.91. The Labute approximate surface area is 164 Å². The maximum absolute atomic E-state index is 13.2. The zero-order valence-electron chi connectivity index (χ0n) is 15.3. The Balaban J connectivity index is 1.71. The number of sulfonamides is 1. The molecule has 1 aromatic carbocycles. The van der Waals surface area contributed by atoms with Gasteiger partial charge in [0, 0.05) is 31.0 Å². The first kappa shape index (κ1) is 18.5. The minimum absolute atomic E-state index is 0.316. The van der Waals surface area contributed by atoms with Crippen molar-refractivity contribution in [3.05, 3.63) is 53.8 Å². The third-order valence-electron chi connectivity index (χ3n) is 5.02. The van der Waals surface area contributed by atoms with Crippen LogP contribution in [0, 0.1) is 11.8 Å². The predicted octanol–water partition coefficient (Wildman–Crippen LogP) is 4.32. The minimum Gasteiger partial charge on any atom is -0.305 e. The summed E-state index contributed by atoms with van der Waals surface area (Å²) < 4.78 is 29.8. The first-order chi connectivity index (χ1) is 12.8. The summed E-state index contributed by atoms with van der Waals surface area (Å²) in [5.74, 6) is 0.741. The summed E-state index contributed by atoms with van der Waals surface area (Å²) in [4.78, 5) is 4.90. The van der Waals surface area contributed by atoms with Crippen LogP contribution >= 0.6 is 11.6 Å². The second-order valence-electron chi connectivity index (χ2n) is 7.53. The molecule has 1 aliphatic rings. The summed E-state index contributed by atoms with van der Waals surface area (Å²) in [7, 11) is -3.52. The summed E-state index contributed by atoms with van der Waals surface area (Å²) in [5.41, 5.74) is 2.25. The van der Waals surface area contributed by atoms with Gasteiger partial charge in [0.25, 0.3) is 0 Å². The number of benzene rings is 1. The summed E-state index contributed by atoms with van der Waals surface area (Å²) in [6, 6.07) is 10.6. The van der Waals surface area contributed by atoms with Crippen LogP contribution in [0.4, 0.5) is 0 Å². The van der Waals surface area contributed by atoms with Gasteiger partial charge in [-0.05, 0) is 42.5 Å². The smallest absolute Gasteiger partial charge is 0.243 e. The van der Waals surface area contributed by atoms with Gasteiger partial charge in [0.2, 0.25) is 10.0 Å². The molecule has 7 heteroatoms. The van der Waals surface area contributed by atoms with E-state index in [9.17, 15) is 8.42 Å². The number of aromatic nitrogens is 2. The first-order valence-electron chi connectivity index (χ1n) is 9.08. The van der Waals surface area contributed by atoms with Crippen LogP contribution in [-0.4, -0.2) is 35.2 Å². The Morgan fingerprint density at radius 2 is 1.81 bits per heavy atom. The first-order valence-corrected chi connectivity index (χ1v) is 10.9. The van der Waals surface area contributed by atoms with Gasteiger partial charge < -0.3 is 4.40 Å². The Hall–Kier alpha value is -1.89. The molecule has 0 radical (unpaired) electrons. The molecular weight excluding hydrogens is 382 g/mol. The SMILES string of the molecule is C[C@H]1C[C@H](C)CN(S(=O)(=O)c2cccc(-c3cn4cc(Cl)ccc4n3)c2)C1. The lowest BCUT2D eigenvalue weighted by molar-refractivity contribution is 0.222. The van der Waals surface area contributed by atoms with Gasteiger partial charge in [-0.1, -0.05) is 37.6 Å². The van der Waals surface area contributed by atoms with E-state index in [1.54, 1.807) is 34.8 Å². The summed E-state index contributed by atoms with van der Waals surface area (Å²) in [6.45, 7) is 5.36. The van der Waals surface area contributed by atoms with E-state index in [1.165, 1.54) is 0 Å². The highest BCUT2D eigenvalue weighted by Crippen LogP contribution is 2.29. The third kappa shape index (κ3) is 3.61. The fourth-order valence-corrected chi connectivity index (χ4v) is 5.76. The topological polar surface area (TPSA) is 54.7 Å². The lowest BCUT2D eigenvalue weighted by atomic mass is 9.94. The molecular formula is C20H22ClN3O2S. The molecule has 1 saturated heterocycles. The monoisotopic (exact) mass is 403 g/mol. The van der Waals surface area contributed by atoms with Crippen LogP contribution in [0.3, 0.4) is 0 Å². The fourth-order valence-electron chi connectivity index (χ4n) is 3.87. The van der Waals surface area contributed by atoms with Crippen molar-refractivity contribution in [2.75, 3.05) is 13.1 Å². The van der Waals surface area contributed by atoms with Gasteiger partial charge in [0.15, 0.2) is 0 Å². The molecule has 27 heavy (non-hydrogen) atoms. The molecule has 3 heterocycles. The van der Waals surface area contributed by atoms with Gasteiger partial charge in [-0.15, -0.1) is 0 Å². The number of halogens is 1. The van der Waals surface area contributed by atoms with Crippen LogP contribution in [0.1, 0.15) is 20.3 Å². The number of imidazole rings is 1. The number of piperidine rings is 1. The standard InChI is InChI=1S/C20H22ClN3O2S/c1-14-8-15(2)11-24(10-14)27(25,26)18-5-3-4-16(9-18)19-13-23-12-17(21)6-7-20(23)22-19/h3-7,9,12-15H,8,10-11H2,1-2H3/t14-,15-/m0/s1. The fraction of sp³-hybridized carbons (Fsp3) is 0.350. The Kier molecular flexibility index (Phi) is 4.74. The number of pyridine rings is 1. The molecule has 2 aromatic heterocycles. The Bertz CT molecular complexity index is 1080. The highest BCUT2D eigenvalue weighted by atomic mass is 35.5. The van der Waals surface area contributed by atoms with E-state index in [2.05, 4.69) is 18.8 Å². The minimum atomic E-state index is -3.52. The van der Waals surface area contributed by atoms with E-state index in [-0.39, 0.29) is 0 Å². The van der Waals surface area contributed by atoms with Gasteiger partial charge in [-0.2, -0.15) is 4.31 Å². The molecule has 0 unspecified atom stereocenters. The number of hydrogen-bond donors (Lipinski definition) is 0. The maximum Gasteiger partial charge on any atom is 0.243 e. The molecule has 0 spiro atoms. The molecule has 1 aliphatic heterocycles. The van der Waals surface area contributed by atoms with E-state index < -0.39 is 10.0 Å². The average molecular weight is 404 g/mol. The molecule has 0 saturated carbocycles. The van der Waals surface area contributed by atoms with E-state index in [0.717, 1.165) is 23.3 Å². The van der Waals surface area contributed by atoms with Crippen molar-refractivity contribution >= 4 is 27.3 Å². The number of hydrogen-bond acceptors (Lipinski definition) is 3. The molecule has 0 amide bonds. The van der Waals surface area contributed by atoms with Crippen molar-refractivity contribution in [1.82, 2.24) is 13.7 Å². The Morgan fingerprint density at radius 3 is 2.56 bits per heavy atom. The zero-order chi connectivity index (χ0) is 19.2. The summed E-state index contributed by atoms with van der Waals surface area (Å²) >= 11 is 6.04. The van der Waals surface area contributed by atoms with Crippen molar-refractivity contribution in [3.63, 3.8) is 0 Å². The molecule has 1 fully saturated rings. The molecule has 142 valence electrons. The molecule has 0 N–H and O–H groups in total. The lowest BCUT2D eigenvalue weighted by Gasteiger charge is -2.34. The predicted molar refractivity (Wildman–Crippen MR) is 107 cm³/mol. The van der Waals surface area contributed by atoms with E-state index in [0.29, 0.717) is 34.8 Å². The summed E-state index contributed by atoms with van der Waals surface area (Å²) in [5, 5.41) is 0.621. The van der Waals surface area contributed by atoms with Gasteiger partial charge in [-0.25, -0.2) is 13.4 Å². The molecule has 2 atom stereocenters. The van der Waals surface area contributed by atoms with Crippen LogP contribution in [-0.2, 0) is 10.0 Å². The van der Waals surface area contributed by atoms with E-state index >= 15 is 0 Å². The molecule has 5 nitrogen and oxygen atoms in total. The van der Waals surface area contributed by atoms with Crippen LogP contribution in [0.2, 0.25) is 5.02 Å². The van der Waals surface area contributed by atoms with Crippen LogP contribution in [0.5, 0.6) is 0 Å². The van der Waals surface area contributed by atoms with Crippen molar-refractivity contribution < 1.29 is 8.42 Å². The van der Waals surface area contributed by atoms with Gasteiger partial charge in [0.1, 0.15) is 5.65 Å². The highest BCUT2D eigenvalue weighted by molar-refractivity contribution is 7.89. The third-order valence-corrected chi connectivity index (χ3v) is 7.07. The average Bonchev–Trinajstić information content (AvgIpc) is 3.04. The van der Waals surface area contributed by atoms with Gasteiger partial charge in [-0.3, -0.25) is 0 Å². The van der Waals surface area contributed by atoms with Crippen LogP contribution in [0.25, 0.3) is 16.9 Å². The van der Waals surface area contributed by atoms with Crippen molar-refractivity contribution in [3.8, 4) is 11.3 Å². The maximum atomic E-state index is 13.2. The summed E-state index contributed by atoms with van der Waals surface area (Å²) in [6.07, 6.45) is 4.71. The molecule has 4 rings (SSSR count). The lowest BCUT2D eigenvalue weighted by Crippen LogP contribution is -2.42. The van der Waals surface area contributed by atoms with E-state index in [1.807, 2.05) is 22.7 Å². The molecule has 0 bridgehead atoms. The number of rotatable bonds is 3. The molecule has 3 aromatic rings. The zero-order valence-corrected chi connectivity index (χ0v) is 16.9. The van der Waals surface area contributed by atoms with E-state index in [4.69, 9.17) is 11.6 Å². The van der Waals surface area contributed by atoms with Gasteiger partial charge >= 0.3 is 0 Å². The normalized spacial score (nSPS) is 21.6. The second kappa shape index (κ2) is 6.93. The highest BCUT2D eigenvalue weighted by Gasteiger charge is 2.31. The van der Waals surface area contributed by atoms with Crippen LogP contribution in [0.15, 0.2) is 53.7 Å². The number of nitrogens with zero attached hydrogens (tertiary/aromatic N) is 3. The van der Waals surface area contributed by atoms with Gasteiger partial charge in [0.05, 0.1) is 15.6 Å². The number of fused-ring (bicyclic) bond motifs is 1. The van der Waals surface area contributed by atoms with Crippen molar-refractivity contribution in [1.29, 1.82) is 0 Å². The van der Waals surface area contributed by atoms with Crippen molar-refractivity contribution in [2.24, 2.45) is 11.8 Å². The quantitative estimate of drug-likeness (QED) is 0.654.